The van der Waals surface area contributed by atoms with Gasteiger partial charge in [0.05, 0.1) is 6.61 Å². The minimum absolute atomic E-state index is 0.304. The Morgan fingerprint density at radius 2 is 2.25 bits per heavy atom. The van der Waals surface area contributed by atoms with Crippen LogP contribution in [0.4, 0.5) is 0 Å². The standard InChI is InChI=1S/C11H17N3O2/c1-3-5-6-13-7-10(8-14-9-12)11(15)16-4-2/h7-8,10H,3-6H2,1-2H3. The molecular weight excluding hydrogens is 206 g/mol. The average molecular weight is 223 g/mol. The third kappa shape index (κ3) is 6.71. The summed E-state index contributed by atoms with van der Waals surface area (Å²) in [5, 5.41) is 8.29. The van der Waals surface area contributed by atoms with E-state index in [0.717, 1.165) is 12.8 Å². The summed E-state index contributed by atoms with van der Waals surface area (Å²) in [6.07, 6.45) is 6.34. The van der Waals surface area contributed by atoms with Gasteiger partial charge in [-0.2, -0.15) is 10.3 Å². The van der Waals surface area contributed by atoms with Gasteiger partial charge in [0.1, 0.15) is 5.92 Å². The molecule has 1 unspecified atom stereocenters. The summed E-state index contributed by atoms with van der Waals surface area (Å²) in [5.41, 5.74) is 0. The minimum atomic E-state index is -0.656. The number of carbonyl (C=O) groups is 1. The van der Waals surface area contributed by atoms with Crippen molar-refractivity contribution in [2.75, 3.05) is 13.2 Å². The molecule has 0 saturated heterocycles. The molecule has 0 aromatic heterocycles. The van der Waals surface area contributed by atoms with Gasteiger partial charge in [0.25, 0.3) is 0 Å². The predicted molar refractivity (Wildman–Crippen MR) is 62.5 cm³/mol. The summed E-state index contributed by atoms with van der Waals surface area (Å²) in [7, 11) is 0. The number of rotatable bonds is 7. The molecule has 0 heterocycles. The van der Waals surface area contributed by atoms with Crippen molar-refractivity contribution >= 4 is 18.4 Å². The van der Waals surface area contributed by atoms with E-state index in [-0.39, 0.29) is 0 Å². The highest BCUT2D eigenvalue weighted by molar-refractivity contribution is 6.05. The lowest BCUT2D eigenvalue weighted by molar-refractivity contribution is -0.143. The highest BCUT2D eigenvalue weighted by atomic mass is 16.5. The van der Waals surface area contributed by atoms with Crippen molar-refractivity contribution in [2.45, 2.75) is 26.7 Å². The number of esters is 1. The number of hydrogen-bond acceptors (Lipinski definition) is 5. The van der Waals surface area contributed by atoms with Crippen LogP contribution >= 0.6 is 0 Å². The molecule has 0 aliphatic rings. The van der Waals surface area contributed by atoms with Crippen LogP contribution in [0.3, 0.4) is 0 Å². The molecule has 5 heteroatoms. The number of nitrogens with zero attached hydrogens (tertiary/aromatic N) is 3. The highest BCUT2D eigenvalue weighted by Crippen LogP contribution is 1.95. The quantitative estimate of drug-likeness (QED) is 0.284. The van der Waals surface area contributed by atoms with Gasteiger partial charge >= 0.3 is 5.97 Å². The second-order valence-electron chi connectivity index (χ2n) is 3.06. The predicted octanol–water partition coefficient (Wildman–Crippen LogP) is 1.59. The Balaban J connectivity index is 4.32. The number of hydrogen-bond donors (Lipinski definition) is 0. The van der Waals surface area contributed by atoms with Crippen molar-refractivity contribution in [3.05, 3.63) is 0 Å². The van der Waals surface area contributed by atoms with Gasteiger partial charge in [-0.1, -0.05) is 13.3 Å². The molecule has 0 aromatic rings. The third-order valence-electron chi connectivity index (χ3n) is 1.76. The van der Waals surface area contributed by atoms with Gasteiger partial charge in [-0.15, -0.1) is 0 Å². The largest absolute Gasteiger partial charge is 0.465 e. The van der Waals surface area contributed by atoms with Gasteiger partial charge in [-0.05, 0) is 13.3 Å². The van der Waals surface area contributed by atoms with E-state index in [9.17, 15) is 4.79 Å². The highest BCUT2D eigenvalue weighted by Gasteiger charge is 2.14. The Bertz CT molecular complexity index is 292. The molecule has 0 spiro atoms. The molecule has 5 nitrogen and oxygen atoms in total. The maximum Gasteiger partial charge on any atom is 0.319 e. The summed E-state index contributed by atoms with van der Waals surface area (Å²) in [5.74, 6) is -1.08. The van der Waals surface area contributed by atoms with Crippen LogP contribution in [-0.2, 0) is 9.53 Å². The van der Waals surface area contributed by atoms with Crippen molar-refractivity contribution in [3.8, 4) is 6.19 Å². The van der Waals surface area contributed by atoms with E-state index in [2.05, 4.69) is 16.9 Å². The van der Waals surface area contributed by atoms with Gasteiger partial charge in [-0.3, -0.25) is 9.79 Å². The lowest BCUT2D eigenvalue weighted by atomic mass is 10.2. The van der Waals surface area contributed by atoms with Crippen molar-refractivity contribution < 1.29 is 9.53 Å². The molecule has 0 aromatic carbocycles. The normalized spacial score (nSPS) is 12.8. The van der Waals surface area contributed by atoms with Crippen molar-refractivity contribution in [3.63, 3.8) is 0 Å². The monoisotopic (exact) mass is 223 g/mol. The lowest BCUT2D eigenvalue weighted by Crippen LogP contribution is -2.20. The van der Waals surface area contributed by atoms with Crippen LogP contribution in [0.2, 0.25) is 0 Å². The van der Waals surface area contributed by atoms with Gasteiger partial charge in [0, 0.05) is 19.0 Å². The van der Waals surface area contributed by atoms with E-state index in [0.29, 0.717) is 13.2 Å². The summed E-state index contributed by atoms with van der Waals surface area (Å²) < 4.78 is 4.83. The second kappa shape index (κ2) is 9.84. The van der Waals surface area contributed by atoms with Crippen LogP contribution in [0.1, 0.15) is 26.7 Å². The van der Waals surface area contributed by atoms with E-state index < -0.39 is 11.9 Å². The van der Waals surface area contributed by atoms with Crippen molar-refractivity contribution in [1.82, 2.24) is 0 Å². The van der Waals surface area contributed by atoms with Gasteiger partial charge in [0.15, 0.2) is 0 Å². The van der Waals surface area contributed by atoms with E-state index in [1.54, 1.807) is 13.1 Å². The van der Waals surface area contributed by atoms with Crippen LogP contribution in [0.15, 0.2) is 9.98 Å². The molecule has 0 rings (SSSR count). The van der Waals surface area contributed by atoms with Crippen LogP contribution in [0.25, 0.3) is 0 Å². The van der Waals surface area contributed by atoms with Crippen molar-refractivity contribution in [2.24, 2.45) is 15.9 Å². The molecule has 0 bridgehead atoms. The first kappa shape index (κ1) is 14.3. The maximum absolute atomic E-state index is 11.4. The Hall–Kier alpha value is -1.70. The Morgan fingerprint density at radius 1 is 1.50 bits per heavy atom. The van der Waals surface area contributed by atoms with Gasteiger partial charge in [-0.25, -0.2) is 0 Å². The van der Waals surface area contributed by atoms with E-state index in [1.165, 1.54) is 12.4 Å². The van der Waals surface area contributed by atoms with Crippen molar-refractivity contribution in [1.29, 1.82) is 5.26 Å². The van der Waals surface area contributed by atoms with E-state index in [1.807, 2.05) is 0 Å². The molecule has 0 aliphatic heterocycles. The smallest absolute Gasteiger partial charge is 0.319 e. The number of carbonyl (C=O) groups excluding carboxylic acids is 1. The molecule has 0 N–H and O–H groups in total. The summed E-state index contributed by atoms with van der Waals surface area (Å²) in [6, 6.07) is 0. The fourth-order valence-electron chi connectivity index (χ4n) is 0.950. The molecule has 0 aliphatic carbocycles. The fourth-order valence-corrected chi connectivity index (χ4v) is 0.950. The van der Waals surface area contributed by atoms with Crippen LogP contribution in [0.5, 0.6) is 0 Å². The first-order valence-corrected chi connectivity index (χ1v) is 5.35. The van der Waals surface area contributed by atoms with Crippen LogP contribution in [-0.4, -0.2) is 31.6 Å². The number of ether oxygens (including phenoxy) is 1. The molecule has 16 heavy (non-hydrogen) atoms. The van der Waals surface area contributed by atoms with E-state index >= 15 is 0 Å². The Morgan fingerprint density at radius 3 is 2.81 bits per heavy atom. The number of unbranched alkanes of at least 4 members (excludes halogenated alkanes) is 1. The molecule has 0 fully saturated rings. The summed E-state index contributed by atoms with van der Waals surface area (Å²) in [6.45, 7) is 4.77. The lowest BCUT2D eigenvalue weighted by Gasteiger charge is -2.04. The fraction of sp³-hybridized carbons (Fsp3) is 0.636. The van der Waals surface area contributed by atoms with Crippen LogP contribution in [0, 0.1) is 17.4 Å². The van der Waals surface area contributed by atoms with Crippen LogP contribution < -0.4 is 0 Å². The number of nitriles is 1. The Labute approximate surface area is 95.8 Å². The zero-order valence-electron chi connectivity index (χ0n) is 9.72. The topological polar surface area (TPSA) is 74.8 Å². The first-order valence-electron chi connectivity index (χ1n) is 5.35. The molecule has 1 atom stereocenters. The molecule has 88 valence electrons. The second-order valence-corrected chi connectivity index (χ2v) is 3.06. The Kier molecular flexibility index (Phi) is 8.79. The summed E-state index contributed by atoms with van der Waals surface area (Å²) in [4.78, 5) is 18.9. The summed E-state index contributed by atoms with van der Waals surface area (Å²) >= 11 is 0. The molecule has 0 radical (unpaired) electrons. The zero-order chi connectivity index (χ0) is 12.2. The molecule has 0 saturated carbocycles. The van der Waals surface area contributed by atoms with E-state index in [4.69, 9.17) is 10.00 Å². The SMILES string of the molecule is CCCCN=CC(C=NC#N)C(=O)OCC. The average Bonchev–Trinajstić information content (AvgIpc) is 2.28. The first-order chi connectivity index (χ1) is 7.76. The molecule has 0 amide bonds. The third-order valence-corrected chi connectivity index (χ3v) is 1.76. The van der Waals surface area contributed by atoms with Gasteiger partial charge < -0.3 is 4.74 Å². The minimum Gasteiger partial charge on any atom is -0.465 e. The zero-order valence-corrected chi connectivity index (χ0v) is 9.72. The maximum atomic E-state index is 11.4. The number of aliphatic imine (C=N–C) groups is 2. The molecular formula is C11H17N3O2. The van der Waals surface area contributed by atoms with Gasteiger partial charge in [0.2, 0.25) is 6.19 Å².